The molecule has 1 aromatic carbocycles. The van der Waals surface area contributed by atoms with Gasteiger partial charge in [0.25, 0.3) is 5.91 Å². The van der Waals surface area contributed by atoms with Crippen molar-refractivity contribution in [2.75, 3.05) is 19.7 Å². The van der Waals surface area contributed by atoms with Crippen molar-refractivity contribution in [3.8, 4) is 0 Å². The minimum Gasteiger partial charge on any atom is -0.453 e. The van der Waals surface area contributed by atoms with E-state index in [-0.39, 0.29) is 55.9 Å². The molecule has 1 heterocycles. The molecule has 101 heavy (non-hydrogen) atoms. The largest absolute Gasteiger partial charge is 0.490 e. The first-order chi connectivity index (χ1) is 46.8. The summed E-state index contributed by atoms with van der Waals surface area (Å²) in [5.41, 5.74) is 19.2. The number of amides is 12. The predicted molar refractivity (Wildman–Crippen MR) is 350 cm³/mol. The van der Waals surface area contributed by atoms with Crippen molar-refractivity contribution < 1.29 is 110 Å². The number of aliphatic imine (C=N–C) groups is 1. The summed E-state index contributed by atoms with van der Waals surface area (Å²) in [6.45, 7) is 14.2. The fourth-order valence-corrected chi connectivity index (χ4v) is 10.3. The van der Waals surface area contributed by atoms with Gasteiger partial charge in [0.1, 0.15) is 53.5 Å². The molecule has 38 heteroatoms. The maximum atomic E-state index is 16.2. The van der Waals surface area contributed by atoms with Gasteiger partial charge in [-0.2, -0.15) is 13.2 Å². The standard InChI is InChI=1S/C63H98F3N15O20/c1-13-31(8)39-51(90)78-40(32(9)83)50(89)72-26-38(84)76-41(44(85)47(68)86)52(91)75-37(27-82)56(95)99-46(33-18-15-14-16-19-33)43(81(55(94)34(67)24-28(2)3)57(96)62(21-22-62)80-60(98)101-61(10,11)12)54(93)79-42(45(30(6)7)100-58(97)63(64,65)66)53(92)74-36(25-29(4)5)49(88)73-35(48(87)77-39)20-17-23-71-59(69)70/h14-16,18-19,28-32,34-37,39-46,82-83,85H,13,17,20-27,67H2,1-12H3,(H2,68,86)(H,72,89)(H,73,88)(H,74,92)(H,75,91)(H,76,84)(H,77,87)(H,78,90)(H,79,93)(H,80,98)(H4,69,70,71)/t31-,32-,34-,35+,36-,37-,39-,40-,41-,42-,43-,44-,45+,46+/m0/s1. The lowest BCUT2D eigenvalue weighted by molar-refractivity contribution is -0.208. The molecule has 1 saturated heterocycles. The summed E-state index contributed by atoms with van der Waals surface area (Å²) < 4.78 is 59.8. The molecule has 2 fully saturated rings. The molecule has 2 aliphatic rings. The SMILES string of the molecule is CC[C@H](C)[C@@H]1NC(=O)[C@@H](CCCN=C(N)N)NC(=O)[C@H](CC(C)C)NC(=O)[C@H]([C@H](OC(=O)C(F)(F)F)C(C)C)NC(=O)[C@@H](N(C(=O)[C@@H](N)CC(C)C)C(=O)C2(NC(=O)OC(C)(C)C)CC2)[C@@H](c2ccccc2)OC(=O)[C@H](CO)NC(=O)[C@H]([C@H](O)C(N)=O)NC(=O)CNC(=O)[C@H]([C@H](C)O)NC1=O. The van der Waals surface area contributed by atoms with Crippen LogP contribution in [0.1, 0.15) is 140 Å². The molecule has 0 aromatic heterocycles. The number of cyclic esters (lactones) is 1. The normalized spacial score (nSPS) is 24.2. The predicted octanol–water partition coefficient (Wildman–Crippen LogP) is -3.56. The molecule has 12 amide bonds. The Balaban J connectivity index is 2.68. The third-order valence-electron chi connectivity index (χ3n) is 15.8. The number of nitrogens with zero attached hydrogens (tertiary/aromatic N) is 2. The van der Waals surface area contributed by atoms with Crippen LogP contribution in [0.2, 0.25) is 0 Å². The number of hydrogen-bond acceptors (Lipinski definition) is 22. The zero-order chi connectivity index (χ0) is 76.9. The summed E-state index contributed by atoms with van der Waals surface area (Å²) in [7, 11) is 0. The number of esters is 2. The Kier molecular flexibility index (Phi) is 32.3. The Morgan fingerprint density at radius 2 is 1.27 bits per heavy atom. The van der Waals surface area contributed by atoms with Gasteiger partial charge in [0, 0.05) is 6.54 Å². The van der Waals surface area contributed by atoms with Gasteiger partial charge in [0.05, 0.1) is 25.3 Å². The van der Waals surface area contributed by atoms with Gasteiger partial charge in [0.15, 0.2) is 30.3 Å². The monoisotopic (exact) mass is 1440 g/mol. The van der Waals surface area contributed by atoms with Gasteiger partial charge in [-0.1, -0.05) is 92.1 Å². The lowest BCUT2D eigenvalue weighted by Crippen LogP contribution is -2.67. The zero-order valence-corrected chi connectivity index (χ0v) is 58.4. The third-order valence-corrected chi connectivity index (χ3v) is 15.8. The van der Waals surface area contributed by atoms with Crippen LogP contribution in [0.15, 0.2) is 35.3 Å². The van der Waals surface area contributed by atoms with Crippen LogP contribution in [0, 0.1) is 23.7 Å². The van der Waals surface area contributed by atoms with Crippen LogP contribution in [0.4, 0.5) is 18.0 Å². The molecular weight excluding hydrogens is 1340 g/mol. The molecule has 1 aromatic rings. The van der Waals surface area contributed by atoms with Gasteiger partial charge in [-0.25, -0.2) is 14.4 Å². The Hall–Kier alpha value is -9.30. The quantitative estimate of drug-likeness (QED) is 0.0176. The van der Waals surface area contributed by atoms with Crippen LogP contribution in [0.3, 0.4) is 0 Å². The summed E-state index contributed by atoms with van der Waals surface area (Å²) >= 11 is 0. The molecule has 35 nitrogen and oxygen atoms in total. The second kappa shape index (κ2) is 37.9. The number of rotatable bonds is 22. The van der Waals surface area contributed by atoms with E-state index in [1.54, 1.807) is 34.6 Å². The zero-order valence-electron chi connectivity index (χ0n) is 58.4. The molecule has 0 unspecified atom stereocenters. The molecule has 14 atom stereocenters. The maximum absolute atomic E-state index is 16.2. The topological polar surface area (TPSA) is 555 Å². The van der Waals surface area contributed by atoms with Crippen molar-refractivity contribution in [2.24, 2.45) is 51.6 Å². The molecule has 0 bridgehead atoms. The number of aliphatic hydroxyl groups excluding tert-OH is 3. The van der Waals surface area contributed by atoms with Gasteiger partial charge in [0.2, 0.25) is 59.1 Å². The van der Waals surface area contributed by atoms with Crippen molar-refractivity contribution in [3.05, 3.63) is 35.9 Å². The highest BCUT2D eigenvalue weighted by atomic mass is 19.4. The minimum atomic E-state index is -5.83. The number of benzene rings is 1. The number of nitrogens with one attached hydrogen (secondary N) is 9. The first-order valence-corrected chi connectivity index (χ1v) is 32.7. The maximum Gasteiger partial charge on any atom is 0.490 e. The smallest absolute Gasteiger partial charge is 0.453 e. The molecule has 0 spiro atoms. The van der Waals surface area contributed by atoms with Crippen LogP contribution >= 0.6 is 0 Å². The Labute approximate surface area is 581 Å². The average Bonchev–Trinajstić information content (AvgIpc) is 1.62. The van der Waals surface area contributed by atoms with E-state index in [4.69, 9.17) is 37.1 Å². The molecule has 3 rings (SSSR count). The first kappa shape index (κ1) is 85.9. The number of nitrogens with two attached hydrogens (primary N) is 4. The summed E-state index contributed by atoms with van der Waals surface area (Å²) in [6, 6.07) is -13.5. The highest BCUT2D eigenvalue weighted by Crippen LogP contribution is 2.40. The number of aliphatic hydroxyl groups is 3. The molecule has 566 valence electrons. The number of ether oxygens (including phenoxy) is 3. The van der Waals surface area contributed by atoms with E-state index in [0.717, 1.165) is 32.9 Å². The second-order valence-corrected chi connectivity index (χ2v) is 26.9. The van der Waals surface area contributed by atoms with E-state index in [1.807, 2.05) is 10.6 Å². The minimum absolute atomic E-state index is 0.0964. The number of alkyl halides is 3. The van der Waals surface area contributed by atoms with Crippen molar-refractivity contribution in [1.82, 2.24) is 52.8 Å². The number of alkyl carbamates (subject to hydrolysis) is 1. The summed E-state index contributed by atoms with van der Waals surface area (Å²) in [6.07, 6.45) is -18.3. The third kappa shape index (κ3) is 26.0. The second-order valence-electron chi connectivity index (χ2n) is 26.9. The summed E-state index contributed by atoms with van der Waals surface area (Å²) in [5.74, 6) is -24.7. The van der Waals surface area contributed by atoms with Crippen molar-refractivity contribution in [3.63, 3.8) is 0 Å². The number of imide groups is 1. The molecule has 1 aliphatic heterocycles. The van der Waals surface area contributed by atoms with Gasteiger partial charge in [-0.3, -0.25) is 62.6 Å². The number of carbonyl (C=O) groups is 14. The summed E-state index contributed by atoms with van der Waals surface area (Å²) in [5, 5.41) is 52.9. The van der Waals surface area contributed by atoms with Gasteiger partial charge in [-0.05, 0) is 95.5 Å². The fourth-order valence-electron chi connectivity index (χ4n) is 10.3. The molecule has 1 aliphatic carbocycles. The Morgan fingerprint density at radius 3 is 1.77 bits per heavy atom. The number of halogens is 3. The van der Waals surface area contributed by atoms with Gasteiger partial charge < -0.3 is 100 Å². The molecule has 1 saturated carbocycles. The highest BCUT2D eigenvalue weighted by molar-refractivity contribution is 6.09. The number of guanidine groups is 1. The van der Waals surface area contributed by atoms with E-state index in [9.17, 15) is 76.4 Å². The van der Waals surface area contributed by atoms with Crippen LogP contribution in [0.25, 0.3) is 0 Å². The van der Waals surface area contributed by atoms with Crippen LogP contribution < -0.4 is 70.8 Å². The van der Waals surface area contributed by atoms with E-state index in [1.165, 1.54) is 45.9 Å². The first-order valence-electron chi connectivity index (χ1n) is 32.7. The number of carbonyl (C=O) groups excluding carboxylic acids is 14. The van der Waals surface area contributed by atoms with Crippen LogP contribution in [-0.2, 0) is 76.5 Å². The van der Waals surface area contributed by atoms with Crippen molar-refractivity contribution >= 4 is 89.0 Å². The van der Waals surface area contributed by atoms with Crippen LogP contribution in [0.5, 0.6) is 0 Å². The van der Waals surface area contributed by atoms with Crippen molar-refractivity contribution in [2.45, 2.75) is 224 Å². The Bertz CT molecular complexity index is 3160. The van der Waals surface area contributed by atoms with Gasteiger partial charge >= 0.3 is 24.2 Å². The van der Waals surface area contributed by atoms with E-state index < -0.39 is 228 Å². The van der Waals surface area contributed by atoms with Crippen molar-refractivity contribution in [1.29, 1.82) is 0 Å². The van der Waals surface area contributed by atoms with Crippen LogP contribution in [-0.4, -0.2) is 219 Å². The van der Waals surface area contributed by atoms with E-state index >= 15 is 19.2 Å². The Morgan fingerprint density at radius 1 is 0.723 bits per heavy atom. The van der Waals surface area contributed by atoms with Gasteiger partial charge in [-0.15, -0.1) is 0 Å². The number of primary amides is 1. The number of hydrogen-bond donors (Lipinski definition) is 16. The average molecular weight is 1440 g/mol. The lowest BCUT2D eigenvalue weighted by atomic mass is 9.93. The summed E-state index contributed by atoms with van der Waals surface area (Å²) in [4.78, 5) is 207. The molecule has 0 radical (unpaired) electrons. The van der Waals surface area contributed by atoms with E-state index in [0.29, 0.717) is 0 Å². The fraction of sp³-hybridized carbons (Fsp3) is 0.667. The highest BCUT2D eigenvalue weighted by Gasteiger charge is 2.59. The van der Waals surface area contributed by atoms with E-state index in [2.05, 4.69) is 42.2 Å². The lowest BCUT2D eigenvalue weighted by Gasteiger charge is -2.39. The molecule has 20 N–H and O–H groups in total. The molecular formula is C63H98F3N15O20.